The van der Waals surface area contributed by atoms with Crippen molar-refractivity contribution in [3.63, 3.8) is 0 Å². The summed E-state index contributed by atoms with van der Waals surface area (Å²) in [5.74, 6) is 2.50. The molecule has 5 heteroatoms. The largest absolute Gasteiger partial charge is 0.356 e. The van der Waals surface area contributed by atoms with E-state index in [1.54, 1.807) is 0 Å². The van der Waals surface area contributed by atoms with Gasteiger partial charge in [-0.15, -0.1) is 0 Å². The third kappa shape index (κ3) is 2.96. The Morgan fingerprint density at radius 2 is 1.77 bits per heavy atom. The number of benzene rings is 1. The van der Waals surface area contributed by atoms with Crippen molar-refractivity contribution in [2.45, 2.75) is 34.1 Å². The van der Waals surface area contributed by atoms with Crippen LogP contribution in [-0.4, -0.2) is 27.7 Å². The summed E-state index contributed by atoms with van der Waals surface area (Å²) in [6.45, 7) is 10.9. The van der Waals surface area contributed by atoms with Crippen molar-refractivity contribution < 1.29 is 0 Å². The molecule has 3 aromatic rings. The minimum absolute atomic E-state index is 0.682. The lowest BCUT2D eigenvalue weighted by molar-refractivity contribution is 0.354. The molecule has 0 aliphatic carbocycles. The van der Waals surface area contributed by atoms with Crippen LogP contribution in [-0.2, 0) is 0 Å². The molecule has 1 aromatic carbocycles. The Morgan fingerprint density at radius 1 is 1.08 bits per heavy atom. The highest BCUT2D eigenvalue weighted by molar-refractivity contribution is 6.33. The van der Waals surface area contributed by atoms with E-state index in [0.29, 0.717) is 11.8 Å². The second-order valence-corrected chi connectivity index (χ2v) is 8.19. The summed E-state index contributed by atoms with van der Waals surface area (Å²) >= 11 is 6.48. The van der Waals surface area contributed by atoms with Crippen molar-refractivity contribution in [1.29, 1.82) is 0 Å². The summed E-state index contributed by atoms with van der Waals surface area (Å²) < 4.78 is 2.01. The first kappa shape index (κ1) is 17.3. The van der Waals surface area contributed by atoms with E-state index in [2.05, 4.69) is 31.7 Å². The second-order valence-electron chi connectivity index (χ2n) is 7.78. The molecule has 0 radical (unpaired) electrons. The number of aryl methyl sites for hydroxylation is 2. The Bertz CT molecular complexity index is 952. The third-order valence-electron chi connectivity index (χ3n) is 5.21. The molecule has 0 bridgehead atoms. The maximum absolute atomic E-state index is 6.48. The van der Waals surface area contributed by atoms with E-state index < -0.39 is 0 Å². The van der Waals surface area contributed by atoms with E-state index in [-0.39, 0.29) is 0 Å². The molecular weight excluding hydrogens is 344 g/mol. The molecule has 26 heavy (non-hydrogen) atoms. The minimum Gasteiger partial charge on any atom is -0.356 e. The Morgan fingerprint density at radius 3 is 2.46 bits per heavy atom. The fourth-order valence-corrected chi connectivity index (χ4v) is 4.51. The molecule has 0 N–H and O–H groups in total. The van der Waals surface area contributed by atoms with Crippen molar-refractivity contribution in [3.05, 3.63) is 46.7 Å². The molecule has 3 heterocycles. The van der Waals surface area contributed by atoms with Crippen molar-refractivity contribution in [3.8, 4) is 11.1 Å². The predicted octanol–water partition coefficient (Wildman–Crippen LogP) is 5.15. The van der Waals surface area contributed by atoms with Gasteiger partial charge in [-0.1, -0.05) is 43.6 Å². The van der Waals surface area contributed by atoms with E-state index in [1.165, 1.54) is 6.42 Å². The van der Waals surface area contributed by atoms with Crippen molar-refractivity contribution in [1.82, 2.24) is 14.6 Å². The van der Waals surface area contributed by atoms with Gasteiger partial charge in [-0.2, -0.15) is 9.61 Å². The number of hydrogen-bond donors (Lipinski definition) is 0. The molecule has 2 aromatic heterocycles. The minimum atomic E-state index is 0.682. The van der Waals surface area contributed by atoms with Crippen LogP contribution >= 0.6 is 11.6 Å². The maximum Gasteiger partial charge on any atom is 0.165 e. The number of halogens is 1. The van der Waals surface area contributed by atoms with E-state index in [0.717, 1.165) is 52.1 Å². The fraction of sp³-hybridized carbons (Fsp3) is 0.429. The molecular formula is C21H25ClN4. The highest BCUT2D eigenvalue weighted by atomic mass is 35.5. The summed E-state index contributed by atoms with van der Waals surface area (Å²) in [6, 6.07) is 10.1. The number of aromatic nitrogens is 3. The summed E-state index contributed by atoms with van der Waals surface area (Å²) in [7, 11) is 0. The monoisotopic (exact) mass is 368 g/mol. The smallest absolute Gasteiger partial charge is 0.165 e. The van der Waals surface area contributed by atoms with Gasteiger partial charge in [-0.3, -0.25) is 0 Å². The lowest BCUT2D eigenvalue weighted by Crippen LogP contribution is -2.39. The zero-order valence-electron chi connectivity index (χ0n) is 15.8. The molecule has 1 fully saturated rings. The van der Waals surface area contributed by atoms with Crippen LogP contribution in [0.15, 0.2) is 30.3 Å². The van der Waals surface area contributed by atoms with Gasteiger partial charge < -0.3 is 4.90 Å². The standard InChI is InChI=1S/C21H25ClN4/c1-13-9-14(2)12-25(11-13)19-10-15(3)23-21-20(16(4)24-26(19)21)17-7-5-6-8-18(17)22/h5-8,10,13-14H,9,11-12H2,1-4H3. The van der Waals surface area contributed by atoms with Gasteiger partial charge in [-0.25, -0.2) is 4.98 Å². The zero-order valence-corrected chi connectivity index (χ0v) is 16.6. The Hall–Kier alpha value is -2.07. The highest BCUT2D eigenvalue weighted by Crippen LogP contribution is 2.35. The molecule has 4 nitrogen and oxygen atoms in total. The van der Waals surface area contributed by atoms with E-state index in [1.807, 2.05) is 35.7 Å². The quantitative estimate of drug-likeness (QED) is 0.627. The number of piperidine rings is 1. The predicted molar refractivity (Wildman–Crippen MR) is 108 cm³/mol. The van der Waals surface area contributed by atoms with Gasteiger partial charge in [0.1, 0.15) is 5.82 Å². The van der Waals surface area contributed by atoms with Crippen LogP contribution in [0.5, 0.6) is 0 Å². The summed E-state index contributed by atoms with van der Waals surface area (Å²) in [6.07, 6.45) is 1.28. The molecule has 2 unspecified atom stereocenters. The van der Waals surface area contributed by atoms with Crippen LogP contribution in [0, 0.1) is 25.7 Å². The van der Waals surface area contributed by atoms with Gasteiger partial charge >= 0.3 is 0 Å². The van der Waals surface area contributed by atoms with Crippen molar-refractivity contribution >= 4 is 23.1 Å². The first-order valence-electron chi connectivity index (χ1n) is 9.31. The normalized spacial score (nSPS) is 20.7. The summed E-state index contributed by atoms with van der Waals surface area (Å²) in [5, 5.41) is 5.58. The SMILES string of the molecule is Cc1cc(N2CC(C)CC(C)C2)n2nc(C)c(-c3ccccc3Cl)c2n1. The first-order valence-corrected chi connectivity index (χ1v) is 9.68. The molecule has 0 spiro atoms. The van der Waals surface area contributed by atoms with Crippen LogP contribution < -0.4 is 4.90 Å². The Labute approximate surface area is 159 Å². The molecule has 2 atom stereocenters. The number of hydrogen-bond acceptors (Lipinski definition) is 3. The number of fused-ring (bicyclic) bond motifs is 1. The summed E-state index contributed by atoms with van der Waals surface area (Å²) in [5.41, 5.74) is 4.86. The zero-order chi connectivity index (χ0) is 18.4. The summed E-state index contributed by atoms with van der Waals surface area (Å²) in [4.78, 5) is 7.28. The van der Waals surface area contributed by atoms with Crippen LogP contribution in [0.2, 0.25) is 5.02 Å². The molecule has 1 aliphatic heterocycles. The van der Waals surface area contributed by atoms with Gasteiger partial charge in [0, 0.05) is 35.4 Å². The first-order chi connectivity index (χ1) is 12.4. The Balaban J connectivity index is 1.92. The molecule has 0 amide bonds. The average Bonchev–Trinajstić information content (AvgIpc) is 2.89. The van der Waals surface area contributed by atoms with Crippen LogP contribution in [0.25, 0.3) is 16.8 Å². The highest BCUT2D eigenvalue weighted by Gasteiger charge is 2.26. The van der Waals surface area contributed by atoms with Gasteiger partial charge in [-0.05, 0) is 38.2 Å². The maximum atomic E-state index is 6.48. The number of rotatable bonds is 2. The second kappa shape index (κ2) is 6.58. The molecule has 4 rings (SSSR count). The van der Waals surface area contributed by atoms with Gasteiger partial charge in [0.15, 0.2) is 5.65 Å². The van der Waals surface area contributed by atoms with E-state index >= 15 is 0 Å². The van der Waals surface area contributed by atoms with Crippen LogP contribution in [0.3, 0.4) is 0 Å². The number of nitrogens with zero attached hydrogens (tertiary/aromatic N) is 4. The van der Waals surface area contributed by atoms with Crippen molar-refractivity contribution in [2.24, 2.45) is 11.8 Å². The van der Waals surface area contributed by atoms with Crippen LogP contribution in [0.1, 0.15) is 31.7 Å². The van der Waals surface area contributed by atoms with E-state index in [4.69, 9.17) is 21.7 Å². The fourth-order valence-electron chi connectivity index (χ4n) is 4.28. The van der Waals surface area contributed by atoms with Gasteiger partial charge in [0.25, 0.3) is 0 Å². The number of anilines is 1. The van der Waals surface area contributed by atoms with Gasteiger partial charge in [0.05, 0.1) is 11.3 Å². The average molecular weight is 369 g/mol. The Kier molecular flexibility index (Phi) is 4.39. The lowest BCUT2D eigenvalue weighted by atomic mass is 9.92. The molecule has 1 saturated heterocycles. The van der Waals surface area contributed by atoms with Crippen LogP contribution in [0.4, 0.5) is 5.82 Å². The topological polar surface area (TPSA) is 33.4 Å². The molecule has 0 saturated carbocycles. The lowest BCUT2D eigenvalue weighted by Gasteiger charge is -2.36. The molecule has 1 aliphatic rings. The van der Waals surface area contributed by atoms with Gasteiger partial charge in [0.2, 0.25) is 0 Å². The third-order valence-corrected chi connectivity index (χ3v) is 5.54. The van der Waals surface area contributed by atoms with Crippen molar-refractivity contribution in [2.75, 3.05) is 18.0 Å². The van der Waals surface area contributed by atoms with E-state index in [9.17, 15) is 0 Å². The molecule has 136 valence electrons.